The Morgan fingerprint density at radius 2 is 1.05 bits per heavy atom. The van der Waals surface area contributed by atoms with Gasteiger partial charge in [-0.05, 0) is 77.0 Å². The maximum atomic E-state index is 12.6. The summed E-state index contributed by atoms with van der Waals surface area (Å²) in [5, 5.41) is 19.6. The molecule has 14 nitrogen and oxygen atoms in total. The summed E-state index contributed by atoms with van der Waals surface area (Å²) >= 11 is 0. The van der Waals surface area contributed by atoms with Gasteiger partial charge in [-0.1, -0.05) is 131 Å². The third kappa shape index (κ3) is 42.0. The van der Waals surface area contributed by atoms with Gasteiger partial charge >= 0.3 is 27.6 Å². The summed E-state index contributed by atoms with van der Waals surface area (Å²) in [5.74, 6) is -1.15. The number of carbonyl (C=O) groups excluding carboxylic acids is 2. The van der Waals surface area contributed by atoms with E-state index >= 15 is 0 Å². The molecule has 0 amide bonds. The predicted octanol–water partition coefficient (Wildman–Crippen LogP) is 9.75. The summed E-state index contributed by atoms with van der Waals surface area (Å²) in [5.41, 5.74) is 0. The number of aliphatic hydroxyl groups is 2. The smallest absolute Gasteiger partial charge is 0.462 e. The Balaban J connectivity index is 4.70. The second-order valence-electron chi connectivity index (χ2n) is 14.0. The second-order valence-corrected chi connectivity index (χ2v) is 16.7. The highest BCUT2D eigenvalue weighted by atomic mass is 31.2. The molecule has 4 atom stereocenters. The van der Waals surface area contributed by atoms with Crippen molar-refractivity contribution in [1.29, 1.82) is 0 Å². The van der Waals surface area contributed by atoms with Crippen molar-refractivity contribution in [1.82, 2.24) is 0 Å². The first-order valence-electron chi connectivity index (χ1n) is 21.4. The summed E-state index contributed by atoms with van der Waals surface area (Å²) in [6, 6.07) is 0. The molecule has 0 saturated carbocycles. The Morgan fingerprint density at radius 3 is 1.65 bits per heavy atom. The monoisotopic (exact) mass is 888 g/mol. The number of aliphatic hydroxyl groups excluding tert-OH is 2. The van der Waals surface area contributed by atoms with Gasteiger partial charge in [0.1, 0.15) is 12.7 Å². The molecule has 344 valence electrons. The number of ether oxygens (including phenoxy) is 2. The molecule has 0 aromatic rings. The van der Waals surface area contributed by atoms with Gasteiger partial charge in [0.2, 0.25) is 0 Å². The van der Waals surface area contributed by atoms with Crippen LogP contribution in [0.5, 0.6) is 0 Å². The van der Waals surface area contributed by atoms with Crippen LogP contribution in [-0.4, -0.2) is 81.6 Å². The zero-order valence-electron chi connectivity index (χ0n) is 35.9. The Labute approximate surface area is 359 Å². The van der Waals surface area contributed by atoms with E-state index in [1.807, 2.05) is 30.4 Å². The lowest BCUT2D eigenvalue weighted by atomic mass is 10.1. The highest BCUT2D eigenvalue weighted by Gasteiger charge is 2.28. The van der Waals surface area contributed by atoms with E-state index in [2.05, 4.69) is 77.6 Å². The number of phosphoric ester groups is 2. The van der Waals surface area contributed by atoms with Crippen LogP contribution in [0.3, 0.4) is 0 Å². The maximum absolute atomic E-state index is 12.6. The van der Waals surface area contributed by atoms with Crippen LogP contribution >= 0.6 is 15.6 Å². The molecular formula is C44H74O14P2. The summed E-state index contributed by atoms with van der Waals surface area (Å²) < 4.78 is 47.6. The topological polar surface area (TPSA) is 216 Å². The van der Waals surface area contributed by atoms with Crippen molar-refractivity contribution in [3.63, 3.8) is 0 Å². The molecule has 0 spiro atoms. The molecule has 1 unspecified atom stereocenters. The van der Waals surface area contributed by atoms with Crippen molar-refractivity contribution in [2.45, 2.75) is 154 Å². The van der Waals surface area contributed by atoms with Crippen molar-refractivity contribution < 1.29 is 66.7 Å². The van der Waals surface area contributed by atoms with Gasteiger partial charge in [-0.25, -0.2) is 9.13 Å². The van der Waals surface area contributed by atoms with Gasteiger partial charge in [0, 0.05) is 12.8 Å². The van der Waals surface area contributed by atoms with Gasteiger partial charge in [-0.15, -0.1) is 0 Å². The zero-order chi connectivity index (χ0) is 44.6. The Bertz CT molecular complexity index is 1400. The lowest BCUT2D eigenvalue weighted by molar-refractivity contribution is -0.161. The van der Waals surface area contributed by atoms with Crippen LogP contribution in [0.1, 0.15) is 136 Å². The zero-order valence-corrected chi connectivity index (χ0v) is 37.7. The molecule has 0 aliphatic carbocycles. The molecule has 0 aliphatic rings. The molecule has 5 N–H and O–H groups in total. The van der Waals surface area contributed by atoms with Crippen LogP contribution in [-0.2, 0) is 41.8 Å². The number of esters is 2. The first-order chi connectivity index (χ1) is 28.8. The number of hydrogen-bond donors (Lipinski definition) is 5. The molecule has 0 bridgehead atoms. The minimum absolute atomic E-state index is 0.0301. The van der Waals surface area contributed by atoms with Crippen LogP contribution in [0.25, 0.3) is 0 Å². The molecule has 0 aliphatic heterocycles. The average Bonchev–Trinajstić information content (AvgIpc) is 3.20. The molecule has 60 heavy (non-hydrogen) atoms. The molecule has 0 heterocycles. The minimum Gasteiger partial charge on any atom is -0.462 e. The Kier molecular flexibility index (Phi) is 37.3. The number of carbonyl (C=O) groups is 2. The fraction of sp³-hybridized carbons (Fsp3) is 0.636. The minimum atomic E-state index is -4.88. The van der Waals surface area contributed by atoms with E-state index in [0.717, 1.165) is 89.9 Å². The molecule has 0 fully saturated rings. The molecule has 0 aromatic carbocycles. The highest BCUT2D eigenvalue weighted by Crippen LogP contribution is 2.43. The summed E-state index contributed by atoms with van der Waals surface area (Å²) in [7, 11) is -9.72. The number of hydrogen-bond acceptors (Lipinski definition) is 11. The standard InChI is InChI=1S/C44H74O14P2/c1-3-5-7-8-9-10-11-12-13-14-18-21-24-27-30-34-43(47)54-38-42(39-57-60(52,53)56-37-41(46)36-55-59(49,50)51)58-44(48)35-31-28-25-22-19-16-15-17-20-23-26-29-33-40(45)32-6-4-2/h5,7,9-10,12-13,15-16,20,22-23,25,29,33,40-42,45-46H,3-4,6,8,11,14,17-19,21,24,26-28,30-32,34-39H2,1-2H3,(H,52,53)(H2,49,50,51)/b7-5-,10-9-,13-12-,16-15-,23-20-,25-22-,33-29-/t40-,41+,42-/m1/s1. The van der Waals surface area contributed by atoms with Gasteiger partial charge in [-0.2, -0.15) is 0 Å². The summed E-state index contributed by atoms with van der Waals surface area (Å²) in [6.45, 7) is 1.38. The fourth-order valence-corrected chi connectivity index (χ4v) is 6.23. The van der Waals surface area contributed by atoms with Crippen LogP contribution in [0, 0.1) is 0 Å². The van der Waals surface area contributed by atoms with Crippen molar-refractivity contribution in [2.24, 2.45) is 0 Å². The van der Waals surface area contributed by atoms with Gasteiger partial charge in [0.15, 0.2) is 6.10 Å². The molecule has 0 aromatic heterocycles. The van der Waals surface area contributed by atoms with Crippen molar-refractivity contribution in [3.05, 3.63) is 85.1 Å². The average molecular weight is 889 g/mol. The van der Waals surface area contributed by atoms with E-state index < -0.39 is 66.2 Å². The number of rotatable bonds is 39. The van der Waals surface area contributed by atoms with Crippen molar-refractivity contribution in [3.8, 4) is 0 Å². The normalized spacial score (nSPS) is 15.4. The number of allylic oxidation sites excluding steroid dienone is 13. The van der Waals surface area contributed by atoms with Gasteiger partial charge in [0.05, 0.1) is 25.9 Å². The summed E-state index contributed by atoms with van der Waals surface area (Å²) in [4.78, 5) is 52.6. The van der Waals surface area contributed by atoms with E-state index in [4.69, 9.17) is 23.8 Å². The Morgan fingerprint density at radius 1 is 0.550 bits per heavy atom. The molecular weight excluding hydrogens is 814 g/mol. The fourth-order valence-electron chi connectivity index (χ4n) is 5.08. The van der Waals surface area contributed by atoms with Crippen LogP contribution in [0.15, 0.2) is 85.1 Å². The van der Waals surface area contributed by atoms with Crippen molar-refractivity contribution >= 4 is 27.6 Å². The van der Waals surface area contributed by atoms with Crippen LogP contribution in [0.4, 0.5) is 0 Å². The Hall–Kier alpha value is -2.74. The quantitative estimate of drug-likeness (QED) is 0.0168. The second kappa shape index (κ2) is 39.1. The van der Waals surface area contributed by atoms with Gasteiger partial charge in [0.25, 0.3) is 0 Å². The van der Waals surface area contributed by atoms with E-state index in [9.17, 15) is 33.8 Å². The molecule has 0 saturated heterocycles. The van der Waals surface area contributed by atoms with E-state index in [-0.39, 0.29) is 18.9 Å². The predicted molar refractivity (Wildman–Crippen MR) is 236 cm³/mol. The third-order valence-electron chi connectivity index (χ3n) is 8.33. The maximum Gasteiger partial charge on any atom is 0.472 e. The molecule has 0 rings (SSSR count). The third-order valence-corrected chi connectivity index (χ3v) is 9.76. The largest absolute Gasteiger partial charge is 0.472 e. The first kappa shape index (κ1) is 57.3. The molecule has 0 radical (unpaired) electrons. The van der Waals surface area contributed by atoms with Crippen LogP contribution < -0.4 is 0 Å². The van der Waals surface area contributed by atoms with Crippen molar-refractivity contribution in [2.75, 3.05) is 26.4 Å². The first-order valence-corrected chi connectivity index (χ1v) is 24.4. The van der Waals surface area contributed by atoms with Gasteiger partial charge < -0.3 is 34.4 Å². The van der Waals surface area contributed by atoms with E-state index in [1.165, 1.54) is 0 Å². The van der Waals surface area contributed by atoms with E-state index in [0.29, 0.717) is 19.3 Å². The lowest BCUT2D eigenvalue weighted by Gasteiger charge is -2.20. The molecule has 16 heteroatoms. The van der Waals surface area contributed by atoms with E-state index in [1.54, 1.807) is 0 Å². The number of unbranched alkanes of at least 4 members (excludes halogenated alkanes) is 7. The van der Waals surface area contributed by atoms with Crippen LogP contribution in [0.2, 0.25) is 0 Å². The lowest BCUT2D eigenvalue weighted by Crippen LogP contribution is -2.29. The highest BCUT2D eigenvalue weighted by molar-refractivity contribution is 7.47. The van der Waals surface area contributed by atoms with Gasteiger partial charge in [-0.3, -0.25) is 23.2 Å². The SMILES string of the molecule is CC/C=C\C/C=C\C/C=C\CCCCCCCC(=O)OC[C@H](COP(=O)(O)OC[C@@H](O)COP(=O)(O)O)OC(=O)CCC/C=C\C/C=C\C/C=C\C/C=C\[C@H](O)CCCC. The number of phosphoric acid groups is 2. The summed E-state index contributed by atoms with van der Waals surface area (Å²) in [6.07, 6.45) is 40.6.